The number of benzene rings is 1. The Bertz CT molecular complexity index is 807. The Balaban J connectivity index is 1.42. The van der Waals surface area contributed by atoms with Crippen molar-refractivity contribution >= 4 is 29.1 Å². The molecule has 3 heterocycles. The van der Waals surface area contributed by atoms with E-state index >= 15 is 0 Å². The summed E-state index contributed by atoms with van der Waals surface area (Å²) in [6, 6.07) is 9.22. The van der Waals surface area contributed by atoms with Crippen LogP contribution < -0.4 is 9.80 Å². The molecule has 2 aromatic rings. The maximum atomic E-state index is 12.8. The van der Waals surface area contributed by atoms with E-state index in [0.717, 1.165) is 50.8 Å². The predicted octanol–water partition coefficient (Wildman–Crippen LogP) is 3.47. The summed E-state index contributed by atoms with van der Waals surface area (Å²) in [6.07, 6.45) is 6.34. The summed E-state index contributed by atoms with van der Waals surface area (Å²) in [5.74, 6) is 2.04. The highest BCUT2D eigenvalue weighted by atomic mass is 35.5. The monoisotopic (exact) mass is 399 g/mol. The zero-order valence-corrected chi connectivity index (χ0v) is 16.8. The number of nitrogens with zero attached hydrogens (tertiary/aromatic N) is 5. The molecule has 1 amide bonds. The molecule has 2 fully saturated rings. The zero-order chi connectivity index (χ0) is 19.3. The van der Waals surface area contributed by atoms with Crippen LogP contribution in [0.15, 0.2) is 36.7 Å². The fraction of sp³-hybridized carbons (Fsp3) is 0.476. The number of carbonyl (C=O) groups excluding carboxylic acids is 1. The first-order chi connectivity index (χ1) is 13.7. The predicted molar refractivity (Wildman–Crippen MR) is 112 cm³/mol. The molecule has 1 aromatic heterocycles. The van der Waals surface area contributed by atoms with Gasteiger partial charge in [-0.15, -0.1) is 0 Å². The molecular formula is C21H26ClN5O. The van der Waals surface area contributed by atoms with E-state index in [2.05, 4.69) is 25.8 Å². The number of aromatic nitrogens is 2. The molecule has 4 rings (SSSR count). The lowest BCUT2D eigenvalue weighted by Gasteiger charge is -2.29. The number of carbonyl (C=O) groups is 1. The molecule has 7 heteroatoms. The van der Waals surface area contributed by atoms with Gasteiger partial charge >= 0.3 is 0 Å². The fourth-order valence-corrected chi connectivity index (χ4v) is 4.06. The molecule has 2 aliphatic rings. The molecule has 0 saturated carbocycles. The van der Waals surface area contributed by atoms with Crippen LogP contribution >= 0.6 is 11.6 Å². The average molecular weight is 400 g/mol. The molecule has 0 unspecified atom stereocenters. The average Bonchev–Trinajstić information content (AvgIpc) is 3.01. The van der Waals surface area contributed by atoms with Crippen molar-refractivity contribution in [3.8, 4) is 0 Å². The summed E-state index contributed by atoms with van der Waals surface area (Å²) < 4.78 is 0. The third-order valence-corrected chi connectivity index (χ3v) is 5.77. The van der Waals surface area contributed by atoms with Gasteiger partial charge in [0.05, 0.1) is 0 Å². The third kappa shape index (κ3) is 4.38. The van der Waals surface area contributed by atoms with Crippen LogP contribution in [0.2, 0.25) is 5.02 Å². The summed E-state index contributed by atoms with van der Waals surface area (Å²) in [5.41, 5.74) is 0.687. The van der Waals surface area contributed by atoms with Gasteiger partial charge < -0.3 is 14.7 Å². The van der Waals surface area contributed by atoms with Crippen LogP contribution in [0.1, 0.15) is 36.0 Å². The lowest BCUT2D eigenvalue weighted by molar-refractivity contribution is 0.0767. The number of hydrogen-bond donors (Lipinski definition) is 0. The van der Waals surface area contributed by atoms with Gasteiger partial charge in [0.15, 0.2) is 0 Å². The first-order valence-corrected chi connectivity index (χ1v) is 10.5. The Morgan fingerprint density at radius 1 is 0.786 bits per heavy atom. The first-order valence-electron chi connectivity index (χ1n) is 10.1. The molecular weight excluding hydrogens is 374 g/mol. The van der Waals surface area contributed by atoms with Crippen molar-refractivity contribution in [1.82, 2.24) is 14.9 Å². The molecule has 6 nitrogen and oxygen atoms in total. The van der Waals surface area contributed by atoms with Gasteiger partial charge in [0, 0.05) is 55.9 Å². The minimum Gasteiger partial charge on any atom is -0.356 e. The summed E-state index contributed by atoms with van der Waals surface area (Å²) in [6.45, 7) is 5.24. The lowest BCUT2D eigenvalue weighted by Crippen LogP contribution is -2.35. The van der Waals surface area contributed by atoms with Gasteiger partial charge in [-0.1, -0.05) is 11.6 Å². The Labute approximate surface area is 171 Å². The van der Waals surface area contributed by atoms with E-state index in [1.165, 1.54) is 19.3 Å². The van der Waals surface area contributed by atoms with Crippen molar-refractivity contribution < 1.29 is 4.79 Å². The van der Waals surface area contributed by atoms with Crippen LogP contribution in [-0.2, 0) is 0 Å². The van der Waals surface area contributed by atoms with E-state index in [1.807, 2.05) is 4.90 Å². The van der Waals surface area contributed by atoms with Crippen LogP contribution in [0.5, 0.6) is 0 Å². The molecule has 0 spiro atoms. The molecule has 28 heavy (non-hydrogen) atoms. The van der Waals surface area contributed by atoms with E-state index in [1.54, 1.807) is 30.6 Å². The van der Waals surface area contributed by atoms with E-state index in [0.29, 0.717) is 17.1 Å². The first kappa shape index (κ1) is 19.0. The van der Waals surface area contributed by atoms with Crippen LogP contribution in [0.4, 0.5) is 11.6 Å². The largest absolute Gasteiger partial charge is 0.356 e. The van der Waals surface area contributed by atoms with Gasteiger partial charge in [0.25, 0.3) is 5.91 Å². The molecule has 2 aliphatic heterocycles. The Kier molecular flexibility index (Phi) is 5.95. The van der Waals surface area contributed by atoms with Gasteiger partial charge in [-0.3, -0.25) is 4.79 Å². The second kappa shape index (κ2) is 8.78. The fourth-order valence-electron chi connectivity index (χ4n) is 3.93. The molecule has 0 aliphatic carbocycles. The molecule has 0 radical (unpaired) electrons. The quantitative estimate of drug-likeness (QED) is 0.790. The summed E-state index contributed by atoms with van der Waals surface area (Å²) >= 11 is 5.94. The molecule has 0 bridgehead atoms. The highest BCUT2D eigenvalue weighted by molar-refractivity contribution is 6.30. The molecule has 148 valence electrons. The second-order valence-electron chi connectivity index (χ2n) is 7.42. The van der Waals surface area contributed by atoms with E-state index < -0.39 is 0 Å². The minimum atomic E-state index is 0.0650. The van der Waals surface area contributed by atoms with Crippen LogP contribution in [0.3, 0.4) is 0 Å². The van der Waals surface area contributed by atoms with Crippen molar-refractivity contribution in [1.29, 1.82) is 0 Å². The number of hydrogen-bond acceptors (Lipinski definition) is 5. The molecule has 0 N–H and O–H groups in total. The van der Waals surface area contributed by atoms with Crippen molar-refractivity contribution in [2.24, 2.45) is 0 Å². The van der Waals surface area contributed by atoms with Crippen LogP contribution in [-0.4, -0.2) is 60.0 Å². The number of rotatable bonds is 3. The number of amides is 1. The minimum absolute atomic E-state index is 0.0650. The molecule has 1 aromatic carbocycles. The third-order valence-electron chi connectivity index (χ3n) is 5.52. The topological polar surface area (TPSA) is 52.6 Å². The Morgan fingerprint density at radius 2 is 1.43 bits per heavy atom. The van der Waals surface area contributed by atoms with Crippen molar-refractivity contribution in [2.45, 2.75) is 25.7 Å². The van der Waals surface area contributed by atoms with Gasteiger partial charge in [0.2, 0.25) is 0 Å². The summed E-state index contributed by atoms with van der Waals surface area (Å²) in [7, 11) is 0. The highest BCUT2D eigenvalue weighted by Crippen LogP contribution is 2.22. The maximum absolute atomic E-state index is 12.8. The van der Waals surface area contributed by atoms with E-state index in [4.69, 9.17) is 11.6 Å². The molecule has 2 saturated heterocycles. The number of anilines is 2. The van der Waals surface area contributed by atoms with Gasteiger partial charge in [-0.2, -0.15) is 0 Å². The standard InChI is InChI=1S/C21H26ClN5O/c22-18-7-5-17(6-8-18)21(28)27-12-4-11-26(13-14-27)20-15-19(23-16-24-20)25-9-2-1-3-10-25/h5-8,15-16H,1-4,9-14H2. The van der Waals surface area contributed by atoms with E-state index in [9.17, 15) is 4.79 Å². The second-order valence-corrected chi connectivity index (χ2v) is 7.86. The lowest BCUT2D eigenvalue weighted by atomic mass is 10.1. The maximum Gasteiger partial charge on any atom is 0.253 e. The normalized spacial score (nSPS) is 18.1. The number of piperidine rings is 1. The highest BCUT2D eigenvalue weighted by Gasteiger charge is 2.22. The smallest absolute Gasteiger partial charge is 0.253 e. The number of halogens is 1. The van der Waals surface area contributed by atoms with Crippen molar-refractivity contribution in [3.63, 3.8) is 0 Å². The molecule has 0 atom stereocenters. The van der Waals surface area contributed by atoms with Crippen molar-refractivity contribution in [3.05, 3.63) is 47.2 Å². The van der Waals surface area contributed by atoms with Crippen molar-refractivity contribution in [2.75, 3.05) is 49.1 Å². The van der Waals surface area contributed by atoms with Gasteiger partial charge in [-0.05, 0) is 49.9 Å². The Morgan fingerprint density at radius 3 is 2.14 bits per heavy atom. The summed E-state index contributed by atoms with van der Waals surface area (Å²) in [4.78, 5) is 28.3. The van der Waals surface area contributed by atoms with Crippen LogP contribution in [0, 0.1) is 0 Å². The SMILES string of the molecule is O=C(c1ccc(Cl)cc1)N1CCCN(c2cc(N3CCCCC3)ncn2)CC1. The summed E-state index contributed by atoms with van der Waals surface area (Å²) in [5, 5.41) is 0.645. The van der Waals surface area contributed by atoms with Gasteiger partial charge in [0.1, 0.15) is 18.0 Å². The van der Waals surface area contributed by atoms with Crippen LogP contribution in [0.25, 0.3) is 0 Å². The zero-order valence-electron chi connectivity index (χ0n) is 16.1. The van der Waals surface area contributed by atoms with E-state index in [-0.39, 0.29) is 5.91 Å². The van der Waals surface area contributed by atoms with Gasteiger partial charge in [-0.25, -0.2) is 9.97 Å². The Hall–Kier alpha value is -2.34.